The van der Waals surface area contributed by atoms with Gasteiger partial charge in [-0.3, -0.25) is 4.79 Å². The minimum absolute atomic E-state index is 0.292. The predicted molar refractivity (Wildman–Crippen MR) is 67.3 cm³/mol. The standard InChI is InChI=1S/C15H18O/c1-11(2)15(10-16)9-12-3-5-13(6-4-12)14-7-8-14/h3-6,9-11,14H,7-8H2,1-2H3. The number of aldehydes is 1. The molecule has 1 aliphatic rings. The molecule has 0 unspecified atom stereocenters. The van der Waals surface area contributed by atoms with Gasteiger partial charge in [-0.05, 0) is 47.5 Å². The minimum Gasteiger partial charge on any atom is -0.298 e. The third-order valence-electron chi connectivity index (χ3n) is 3.12. The van der Waals surface area contributed by atoms with Gasteiger partial charge in [0.2, 0.25) is 0 Å². The van der Waals surface area contributed by atoms with Gasteiger partial charge in [-0.1, -0.05) is 38.1 Å². The summed E-state index contributed by atoms with van der Waals surface area (Å²) in [6, 6.07) is 8.59. The van der Waals surface area contributed by atoms with Gasteiger partial charge < -0.3 is 0 Å². The van der Waals surface area contributed by atoms with Gasteiger partial charge >= 0.3 is 0 Å². The molecule has 16 heavy (non-hydrogen) atoms. The van der Waals surface area contributed by atoms with Crippen LogP contribution in [0.25, 0.3) is 6.08 Å². The van der Waals surface area contributed by atoms with Crippen LogP contribution >= 0.6 is 0 Å². The Kier molecular flexibility index (Phi) is 3.23. The van der Waals surface area contributed by atoms with E-state index in [9.17, 15) is 4.79 Å². The average molecular weight is 214 g/mol. The zero-order valence-electron chi connectivity index (χ0n) is 9.94. The number of rotatable bonds is 4. The van der Waals surface area contributed by atoms with Crippen LogP contribution in [0.3, 0.4) is 0 Å². The van der Waals surface area contributed by atoms with Crippen LogP contribution in [0.2, 0.25) is 0 Å². The van der Waals surface area contributed by atoms with E-state index in [1.807, 2.05) is 19.9 Å². The molecule has 0 N–H and O–H groups in total. The van der Waals surface area contributed by atoms with Crippen molar-refractivity contribution in [3.8, 4) is 0 Å². The summed E-state index contributed by atoms with van der Waals surface area (Å²) < 4.78 is 0. The van der Waals surface area contributed by atoms with Crippen molar-refractivity contribution < 1.29 is 4.79 Å². The first-order chi connectivity index (χ1) is 7.70. The van der Waals surface area contributed by atoms with Gasteiger partial charge in [0.25, 0.3) is 0 Å². The highest BCUT2D eigenvalue weighted by atomic mass is 16.1. The van der Waals surface area contributed by atoms with Gasteiger partial charge in [-0.25, -0.2) is 0 Å². The Bertz CT molecular complexity index is 394. The molecule has 0 bridgehead atoms. The fourth-order valence-electron chi connectivity index (χ4n) is 1.81. The van der Waals surface area contributed by atoms with Gasteiger partial charge in [0.15, 0.2) is 0 Å². The van der Waals surface area contributed by atoms with Crippen LogP contribution < -0.4 is 0 Å². The van der Waals surface area contributed by atoms with E-state index in [1.165, 1.54) is 18.4 Å². The Morgan fingerprint density at radius 1 is 1.25 bits per heavy atom. The van der Waals surface area contributed by atoms with E-state index >= 15 is 0 Å². The van der Waals surface area contributed by atoms with Crippen LogP contribution in [0.4, 0.5) is 0 Å². The summed E-state index contributed by atoms with van der Waals surface area (Å²) in [6.07, 6.45) is 5.61. The molecule has 1 fully saturated rings. The van der Waals surface area contributed by atoms with Gasteiger partial charge in [-0.2, -0.15) is 0 Å². The van der Waals surface area contributed by atoms with E-state index in [2.05, 4.69) is 24.3 Å². The molecule has 0 amide bonds. The SMILES string of the molecule is CC(C)C(C=O)=Cc1ccc(C2CC2)cc1. The maximum atomic E-state index is 10.9. The van der Waals surface area contributed by atoms with Gasteiger partial charge in [0.1, 0.15) is 6.29 Å². The largest absolute Gasteiger partial charge is 0.298 e. The summed E-state index contributed by atoms with van der Waals surface area (Å²) in [5, 5.41) is 0. The number of hydrogen-bond acceptors (Lipinski definition) is 1. The second-order valence-electron chi connectivity index (χ2n) is 4.86. The van der Waals surface area contributed by atoms with E-state index < -0.39 is 0 Å². The number of carbonyl (C=O) groups is 1. The molecule has 0 heterocycles. The first-order valence-corrected chi connectivity index (χ1v) is 5.97. The van der Waals surface area contributed by atoms with Crippen molar-refractivity contribution in [3.63, 3.8) is 0 Å². The highest BCUT2D eigenvalue weighted by Crippen LogP contribution is 2.39. The van der Waals surface area contributed by atoms with Crippen LogP contribution in [0, 0.1) is 5.92 Å². The predicted octanol–water partition coefficient (Wildman–Crippen LogP) is 3.80. The maximum Gasteiger partial charge on any atom is 0.146 e. The monoisotopic (exact) mass is 214 g/mol. The lowest BCUT2D eigenvalue weighted by atomic mass is 10.0. The smallest absolute Gasteiger partial charge is 0.146 e. The van der Waals surface area contributed by atoms with Crippen molar-refractivity contribution in [1.29, 1.82) is 0 Å². The van der Waals surface area contributed by atoms with E-state index in [0.29, 0.717) is 5.92 Å². The van der Waals surface area contributed by atoms with Crippen molar-refractivity contribution >= 4 is 12.4 Å². The third kappa shape index (κ3) is 2.60. The van der Waals surface area contributed by atoms with Crippen LogP contribution in [0.5, 0.6) is 0 Å². The summed E-state index contributed by atoms with van der Waals surface area (Å²) >= 11 is 0. The number of hydrogen-bond donors (Lipinski definition) is 0. The quantitative estimate of drug-likeness (QED) is 0.550. The minimum atomic E-state index is 0.292. The molecule has 84 valence electrons. The van der Waals surface area contributed by atoms with Crippen LogP contribution in [0.15, 0.2) is 29.8 Å². The average Bonchev–Trinajstić information content (AvgIpc) is 3.10. The zero-order valence-corrected chi connectivity index (χ0v) is 9.94. The van der Waals surface area contributed by atoms with Crippen LogP contribution in [0.1, 0.15) is 43.7 Å². The Morgan fingerprint density at radius 2 is 1.88 bits per heavy atom. The molecule has 1 aliphatic carbocycles. The molecule has 1 saturated carbocycles. The molecule has 1 nitrogen and oxygen atoms in total. The highest BCUT2D eigenvalue weighted by Gasteiger charge is 2.22. The number of benzene rings is 1. The second-order valence-corrected chi connectivity index (χ2v) is 4.86. The molecule has 0 atom stereocenters. The Balaban J connectivity index is 2.17. The molecule has 1 aromatic carbocycles. The van der Waals surface area contributed by atoms with E-state index in [-0.39, 0.29) is 0 Å². The van der Waals surface area contributed by atoms with E-state index in [1.54, 1.807) is 0 Å². The maximum absolute atomic E-state index is 10.9. The van der Waals surface area contributed by atoms with Crippen molar-refractivity contribution in [1.82, 2.24) is 0 Å². The van der Waals surface area contributed by atoms with Gasteiger partial charge in [0, 0.05) is 0 Å². The normalized spacial score (nSPS) is 16.6. The van der Waals surface area contributed by atoms with E-state index in [0.717, 1.165) is 23.3 Å². The van der Waals surface area contributed by atoms with Crippen LogP contribution in [-0.4, -0.2) is 6.29 Å². The highest BCUT2D eigenvalue weighted by molar-refractivity contribution is 5.82. The molecule has 0 saturated heterocycles. The van der Waals surface area contributed by atoms with E-state index in [4.69, 9.17) is 0 Å². The molecular formula is C15H18O. The van der Waals surface area contributed by atoms with Gasteiger partial charge in [0.05, 0.1) is 0 Å². The summed E-state index contributed by atoms with van der Waals surface area (Å²) in [5.41, 5.74) is 3.42. The molecule has 0 aliphatic heterocycles. The third-order valence-corrected chi connectivity index (χ3v) is 3.12. The fourth-order valence-corrected chi connectivity index (χ4v) is 1.81. The molecule has 1 aromatic rings. The topological polar surface area (TPSA) is 17.1 Å². The van der Waals surface area contributed by atoms with Gasteiger partial charge in [-0.15, -0.1) is 0 Å². The van der Waals surface area contributed by atoms with Crippen molar-refractivity contribution in [2.75, 3.05) is 0 Å². The molecule has 2 rings (SSSR count). The van der Waals surface area contributed by atoms with Crippen molar-refractivity contribution in [2.24, 2.45) is 5.92 Å². The zero-order chi connectivity index (χ0) is 11.5. The molecule has 0 radical (unpaired) electrons. The number of carbonyl (C=O) groups excluding carboxylic acids is 1. The molecule has 0 spiro atoms. The first-order valence-electron chi connectivity index (χ1n) is 5.97. The van der Waals surface area contributed by atoms with Crippen LogP contribution in [-0.2, 0) is 4.79 Å². The summed E-state index contributed by atoms with van der Waals surface area (Å²) in [4.78, 5) is 10.9. The Hall–Kier alpha value is -1.37. The lowest BCUT2D eigenvalue weighted by molar-refractivity contribution is -0.105. The Morgan fingerprint density at radius 3 is 2.31 bits per heavy atom. The first kappa shape index (κ1) is 11.1. The Labute approximate surface area is 97.2 Å². The fraction of sp³-hybridized carbons (Fsp3) is 0.400. The van der Waals surface area contributed by atoms with Crippen molar-refractivity contribution in [2.45, 2.75) is 32.6 Å². The molecule has 0 aromatic heterocycles. The summed E-state index contributed by atoms with van der Waals surface area (Å²) in [6.45, 7) is 4.08. The van der Waals surface area contributed by atoms with Crippen molar-refractivity contribution in [3.05, 3.63) is 41.0 Å². The summed E-state index contributed by atoms with van der Waals surface area (Å²) in [5.74, 6) is 1.09. The molecular weight excluding hydrogens is 196 g/mol. The lowest BCUT2D eigenvalue weighted by Gasteiger charge is -2.04. The number of allylic oxidation sites excluding steroid dienone is 1. The lowest BCUT2D eigenvalue weighted by Crippen LogP contribution is -1.94. The molecule has 1 heteroatoms. The second kappa shape index (κ2) is 4.65. The summed E-state index contributed by atoms with van der Waals surface area (Å²) in [7, 11) is 0.